The SMILES string of the molecule is Cc1cccc(NC(=O)NCC(=O)N(CC(=O)N(C)c2ccccc2)c2cccc(OCC(=O)N3CCCc4ccccc43)c2)c1. The largest absolute Gasteiger partial charge is 0.484 e. The summed E-state index contributed by atoms with van der Waals surface area (Å²) in [6, 6.07) is 30.4. The smallest absolute Gasteiger partial charge is 0.319 e. The van der Waals surface area contributed by atoms with Crippen molar-refractivity contribution in [1.82, 2.24) is 5.32 Å². The predicted molar refractivity (Wildman–Crippen MR) is 179 cm³/mol. The van der Waals surface area contributed by atoms with Crippen LogP contribution in [0.25, 0.3) is 0 Å². The monoisotopic (exact) mass is 619 g/mol. The van der Waals surface area contributed by atoms with Crippen molar-refractivity contribution in [3.05, 3.63) is 114 Å². The summed E-state index contributed by atoms with van der Waals surface area (Å²) in [4.78, 5) is 57.2. The summed E-state index contributed by atoms with van der Waals surface area (Å²) >= 11 is 0. The number of carbonyl (C=O) groups excluding carboxylic acids is 4. The second-order valence-electron chi connectivity index (χ2n) is 11.0. The molecule has 0 bridgehead atoms. The summed E-state index contributed by atoms with van der Waals surface area (Å²) < 4.78 is 5.90. The molecule has 0 aliphatic carbocycles. The third-order valence-corrected chi connectivity index (χ3v) is 7.69. The molecule has 0 unspecified atom stereocenters. The lowest BCUT2D eigenvalue weighted by atomic mass is 10.0. The molecule has 1 aliphatic rings. The van der Waals surface area contributed by atoms with E-state index < -0.39 is 11.9 Å². The minimum absolute atomic E-state index is 0.172. The summed E-state index contributed by atoms with van der Waals surface area (Å²) in [6.45, 7) is 1.68. The molecule has 46 heavy (non-hydrogen) atoms. The Labute approximate surface area is 268 Å². The zero-order valence-electron chi connectivity index (χ0n) is 25.9. The summed E-state index contributed by atoms with van der Waals surface area (Å²) in [5, 5.41) is 5.30. The molecule has 0 fully saturated rings. The topological polar surface area (TPSA) is 111 Å². The fourth-order valence-electron chi connectivity index (χ4n) is 5.27. The molecule has 0 radical (unpaired) electrons. The molecule has 4 aromatic rings. The molecule has 0 saturated heterocycles. The number of aryl methyl sites for hydroxylation is 2. The van der Waals surface area contributed by atoms with E-state index in [0.29, 0.717) is 29.4 Å². The first-order chi connectivity index (χ1) is 22.3. The van der Waals surface area contributed by atoms with Crippen LogP contribution in [-0.2, 0) is 20.8 Å². The molecule has 0 atom stereocenters. The van der Waals surface area contributed by atoms with Gasteiger partial charge in [0, 0.05) is 42.4 Å². The van der Waals surface area contributed by atoms with Crippen LogP contribution in [0, 0.1) is 6.92 Å². The standard InChI is InChI=1S/C36H37N5O5/c1-26-11-8-14-28(21-26)38-36(45)37-23-33(42)41(24-34(43)39(2)29-15-4-3-5-16-29)30-17-9-18-31(22-30)46-25-35(44)40-20-10-13-27-12-6-7-19-32(27)40/h3-9,11-12,14-19,21-22H,10,13,20,23-25H2,1-2H3,(H2,37,38,45). The van der Waals surface area contributed by atoms with Gasteiger partial charge in [-0.1, -0.05) is 54.6 Å². The molecule has 0 aromatic heterocycles. The van der Waals surface area contributed by atoms with Gasteiger partial charge in [0.1, 0.15) is 12.3 Å². The van der Waals surface area contributed by atoms with Gasteiger partial charge in [0.2, 0.25) is 11.8 Å². The molecule has 4 aromatic carbocycles. The summed E-state index contributed by atoms with van der Waals surface area (Å²) in [5.74, 6) is -0.654. The fraction of sp³-hybridized carbons (Fsp3) is 0.222. The molecule has 0 spiro atoms. The third kappa shape index (κ3) is 8.09. The summed E-state index contributed by atoms with van der Waals surface area (Å²) in [6.07, 6.45) is 1.80. The number of nitrogens with zero attached hydrogens (tertiary/aromatic N) is 3. The molecule has 5 rings (SSSR count). The van der Waals surface area contributed by atoms with E-state index in [1.807, 2.05) is 67.6 Å². The second kappa shape index (κ2) is 14.9. The van der Waals surface area contributed by atoms with Gasteiger partial charge in [0.25, 0.3) is 5.91 Å². The molecular weight excluding hydrogens is 582 g/mol. The number of anilines is 4. The van der Waals surface area contributed by atoms with E-state index in [1.165, 1.54) is 9.80 Å². The molecule has 2 N–H and O–H groups in total. The van der Waals surface area contributed by atoms with Crippen LogP contribution in [0.3, 0.4) is 0 Å². The average molecular weight is 620 g/mol. The first-order valence-corrected chi connectivity index (χ1v) is 15.1. The maximum atomic E-state index is 13.6. The maximum Gasteiger partial charge on any atom is 0.319 e. The molecular formula is C36H37N5O5. The first-order valence-electron chi connectivity index (χ1n) is 15.1. The number of amides is 5. The minimum atomic E-state index is -0.554. The van der Waals surface area contributed by atoms with E-state index in [0.717, 1.165) is 29.7 Å². The Morgan fingerprint density at radius 1 is 0.826 bits per heavy atom. The highest BCUT2D eigenvalue weighted by molar-refractivity contribution is 6.05. The predicted octanol–water partition coefficient (Wildman–Crippen LogP) is 5.17. The van der Waals surface area contributed by atoms with E-state index in [4.69, 9.17) is 4.74 Å². The normalized spacial score (nSPS) is 12.0. The molecule has 5 amide bonds. The zero-order chi connectivity index (χ0) is 32.5. The quantitative estimate of drug-likeness (QED) is 0.255. The Bertz CT molecular complexity index is 1710. The number of carbonyl (C=O) groups is 4. The number of likely N-dealkylation sites (N-methyl/N-ethyl adjacent to an activating group) is 1. The van der Waals surface area contributed by atoms with Crippen molar-refractivity contribution in [2.24, 2.45) is 0 Å². The maximum absolute atomic E-state index is 13.6. The zero-order valence-corrected chi connectivity index (χ0v) is 25.9. The van der Waals surface area contributed by atoms with Crippen LogP contribution in [0.2, 0.25) is 0 Å². The van der Waals surface area contributed by atoms with Crippen LogP contribution in [0.5, 0.6) is 5.75 Å². The van der Waals surface area contributed by atoms with Gasteiger partial charge in [-0.25, -0.2) is 4.79 Å². The van der Waals surface area contributed by atoms with Gasteiger partial charge in [0.15, 0.2) is 6.61 Å². The minimum Gasteiger partial charge on any atom is -0.484 e. The number of hydrogen-bond donors (Lipinski definition) is 2. The fourth-order valence-corrected chi connectivity index (χ4v) is 5.27. The number of ether oxygens (including phenoxy) is 1. The van der Waals surface area contributed by atoms with Gasteiger partial charge >= 0.3 is 6.03 Å². The van der Waals surface area contributed by atoms with Gasteiger partial charge in [0.05, 0.1) is 6.54 Å². The summed E-state index contributed by atoms with van der Waals surface area (Å²) in [5.41, 5.74) is 4.65. The number of hydrogen-bond acceptors (Lipinski definition) is 5. The third-order valence-electron chi connectivity index (χ3n) is 7.69. The van der Waals surface area contributed by atoms with Gasteiger partial charge in [-0.15, -0.1) is 0 Å². The summed E-state index contributed by atoms with van der Waals surface area (Å²) in [7, 11) is 1.64. The van der Waals surface area contributed by atoms with Crippen LogP contribution in [0.1, 0.15) is 17.5 Å². The first kappa shape index (κ1) is 31.8. The van der Waals surface area contributed by atoms with Crippen LogP contribution in [-0.4, -0.2) is 57.0 Å². The molecule has 1 aliphatic heterocycles. The molecule has 236 valence electrons. The van der Waals surface area contributed by atoms with E-state index in [1.54, 1.807) is 54.4 Å². The molecule has 1 heterocycles. The highest BCUT2D eigenvalue weighted by Gasteiger charge is 2.25. The van der Waals surface area contributed by atoms with E-state index in [9.17, 15) is 19.2 Å². The lowest BCUT2D eigenvalue weighted by Gasteiger charge is -2.29. The second-order valence-corrected chi connectivity index (χ2v) is 11.0. The van der Waals surface area contributed by atoms with Crippen molar-refractivity contribution < 1.29 is 23.9 Å². The van der Waals surface area contributed by atoms with Crippen molar-refractivity contribution >= 4 is 46.5 Å². The number of rotatable bonds is 10. The number of fused-ring (bicyclic) bond motifs is 1. The lowest BCUT2D eigenvalue weighted by molar-refractivity contribution is -0.121. The Morgan fingerprint density at radius 3 is 2.37 bits per heavy atom. The number of benzene rings is 4. The van der Waals surface area contributed by atoms with Crippen molar-refractivity contribution in [3.63, 3.8) is 0 Å². The number of urea groups is 1. The van der Waals surface area contributed by atoms with Crippen LogP contribution < -0.4 is 30.1 Å². The van der Waals surface area contributed by atoms with Crippen molar-refractivity contribution in [2.75, 3.05) is 53.3 Å². The number of nitrogens with one attached hydrogen (secondary N) is 2. The van der Waals surface area contributed by atoms with Crippen molar-refractivity contribution in [2.45, 2.75) is 19.8 Å². The average Bonchev–Trinajstić information content (AvgIpc) is 3.08. The number of para-hydroxylation sites is 2. The van der Waals surface area contributed by atoms with Crippen molar-refractivity contribution in [3.8, 4) is 5.75 Å². The molecule has 10 nitrogen and oxygen atoms in total. The Kier molecular flexibility index (Phi) is 10.3. The van der Waals surface area contributed by atoms with Crippen LogP contribution in [0.15, 0.2) is 103 Å². The highest BCUT2D eigenvalue weighted by atomic mass is 16.5. The Hall–Kier alpha value is -5.64. The van der Waals surface area contributed by atoms with Gasteiger partial charge in [-0.2, -0.15) is 0 Å². The molecule has 0 saturated carbocycles. The molecule has 10 heteroatoms. The highest BCUT2D eigenvalue weighted by Crippen LogP contribution is 2.27. The Morgan fingerprint density at radius 2 is 1.57 bits per heavy atom. The Balaban J connectivity index is 1.29. The van der Waals surface area contributed by atoms with E-state index >= 15 is 0 Å². The van der Waals surface area contributed by atoms with Crippen LogP contribution in [0.4, 0.5) is 27.5 Å². The van der Waals surface area contributed by atoms with Gasteiger partial charge in [-0.05, 0) is 73.4 Å². The lowest BCUT2D eigenvalue weighted by Crippen LogP contribution is -2.46. The van der Waals surface area contributed by atoms with Gasteiger partial charge in [-0.3, -0.25) is 14.4 Å². The van der Waals surface area contributed by atoms with Crippen LogP contribution >= 0.6 is 0 Å². The van der Waals surface area contributed by atoms with E-state index in [2.05, 4.69) is 10.6 Å². The van der Waals surface area contributed by atoms with Crippen molar-refractivity contribution in [1.29, 1.82) is 0 Å². The van der Waals surface area contributed by atoms with Gasteiger partial charge < -0.3 is 30.1 Å². The van der Waals surface area contributed by atoms with E-state index in [-0.39, 0.29) is 31.5 Å².